The summed E-state index contributed by atoms with van der Waals surface area (Å²) in [5.41, 5.74) is -7.36. The van der Waals surface area contributed by atoms with E-state index in [2.05, 4.69) is 0 Å². The van der Waals surface area contributed by atoms with Crippen LogP contribution in [0.5, 0.6) is 0 Å². The van der Waals surface area contributed by atoms with E-state index in [9.17, 15) is 39.5 Å². The fourth-order valence-electron chi connectivity index (χ4n) is 2.08. The van der Waals surface area contributed by atoms with Gasteiger partial charge in [-0.15, -0.1) is 0 Å². The fraction of sp³-hybridized carbons (Fsp3) is 0.571. The van der Waals surface area contributed by atoms with Crippen molar-refractivity contribution in [2.45, 2.75) is 45.7 Å². The van der Waals surface area contributed by atoms with E-state index in [0.29, 0.717) is 32.9 Å². The van der Waals surface area contributed by atoms with Gasteiger partial charge in [0.2, 0.25) is 0 Å². The van der Waals surface area contributed by atoms with Gasteiger partial charge in [-0.25, -0.2) is 0 Å². The summed E-state index contributed by atoms with van der Waals surface area (Å²) < 4.78 is 116. The van der Waals surface area contributed by atoms with Gasteiger partial charge in [-0.3, -0.25) is 0 Å². The van der Waals surface area contributed by atoms with Crippen molar-refractivity contribution in [2.24, 2.45) is 5.41 Å². The monoisotopic (exact) mass is 352 g/mol. The van der Waals surface area contributed by atoms with Gasteiger partial charge in [-0.1, -0.05) is 13.8 Å². The van der Waals surface area contributed by atoms with Crippen molar-refractivity contribution in [1.82, 2.24) is 0 Å². The molecule has 0 saturated heterocycles. The predicted molar refractivity (Wildman–Crippen MR) is 64.7 cm³/mol. The lowest BCUT2D eigenvalue weighted by molar-refractivity contribution is -0.211. The van der Waals surface area contributed by atoms with Crippen molar-refractivity contribution in [3.05, 3.63) is 34.4 Å². The lowest BCUT2D eigenvalue weighted by Gasteiger charge is -2.28. The maximum Gasteiger partial charge on any atom is 0.416 e. The van der Waals surface area contributed by atoms with Gasteiger partial charge in [0, 0.05) is 0 Å². The van der Waals surface area contributed by atoms with E-state index in [1.165, 1.54) is 0 Å². The Hall–Kier alpha value is -1.41. The van der Waals surface area contributed by atoms with E-state index in [1.54, 1.807) is 0 Å². The number of hydrogen-bond donors (Lipinski definition) is 0. The predicted octanol–water partition coefficient (Wildman–Crippen LogP) is 6.16. The average molecular weight is 352 g/mol. The quantitative estimate of drug-likeness (QED) is 0.559. The second-order valence-electron chi connectivity index (χ2n) is 5.87. The molecule has 9 heteroatoms. The Morgan fingerprint density at radius 3 is 1.35 bits per heavy atom. The first-order chi connectivity index (χ1) is 9.97. The Balaban J connectivity index is 3.52. The molecule has 1 aromatic carbocycles. The van der Waals surface area contributed by atoms with Gasteiger partial charge in [-0.2, -0.15) is 39.5 Å². The van der Waals surface area contributed by atoms with E-state index < -0.39 is 52.6 Å². The lowest BCUT2D eigenvalue weighted by atomic mass is 9.83. The van der Waals surface area contributed by atoms with Gasteiger partial charge in [-0.05, 0) is 36.6 Å². The minimum Gasteiger partial charge on any atom is -0.171 e. The van der Waals surface area contributed by atoms with Crippen LogP contribution in [0.25, 0.3) is 0 Å². The van der Waals surface area contributed by atoms with E-state index in [-0.39, 0.29) is 0 Å². The second kappa shape index (κ2) is 5.59. The van der Waals surface area contributed by atoms with Crippen LogP contribution in [0.4, 0.5) is 39.5 Å². The van der Waals surface area contributed by atoms with Crippen molar-refractivity contribution < 1.29 is 39.5 Å². The number of halogens is 9. The molecule has 0 spiro atoms. The van der Waals surface area contributed by atoms with Crippen molar-refractivity contribution >= 4 is 0 Å². The molecule has 0 fully saturated rings. The number of benzene rings is 1. The van der Waals surface area contributed by atoms with Crippen molar-refractivity contribution in [1.29, 1.82) is 0 Å². The van der Waals surface area contributed by atoms with Gasteiger partial charge in [0.1, 0.15) is 0 Å². The van der Waals surface area contributed by atoms with Crippen molar-refractivity contribution in [2.75, 3.05) is 0 Å². The second-order valence-corrected chi connectivity index (χ2v) is 5.87. The van der Waals surface area contributed by atoms with E-state index >= 15 is 0 Å². The molecule has 0 aliphatic rings. The third-order valence-electron chi connectivity index (χ3n) is 3.49. The van der Waals surface area contributed by atoms with Crippen LogP contribution in [0.15, 0.2) is 12.1 Å². The maximum atomic E-state index is 12.9. The summed E-state index contributed by atoms with van der Waals surface area (Å²) in [4.78, 5) is 0. The zero-order valence-electron chi connectivity index (χ0n) is 12.3. The highest BCUT2D eigenvalue weighted by Gasteiger charge is 2.48. The Kier molecular flexibility index (Phi) is 4.77. The summed E-state index contributed by atoms with van der Waals surface area (Å²) in [5.74, 6) is 0. The lowest BCUT2D eigenvalue weighted by Crippen LogP contribution is -2.34. The zero-order chi connectivity index (χ0) is 18.4. The highest BCUT2D eigenvalue weighted by atomic mass is 19.4. The first-order valence-corrected chi connectivity index (χ1v) is 6.31. The summed E-state index contributed by atoms with van der Waals surface area (Å²) in [5, 5.41) is 0. The first-order valence-electron chi connectivity index (χ1n) is 6.31. The average Bonchev–Trinajstić information content (AvgIpc) is 2.26. The molecule has 0 radical (unpaired) electrons. The van der Waals surface area contributed by atoms with Crippen LogP contribution in [-0.4, -0.2) is 6.18 Å². The zero-order valence-corrected chi connectivity index (χ0v) is 12.3. The summed E-state index contributed by atoms with van der Waals surface area (Å²) in [6.07, 6.45) is -16.0. The minimum atomic E-state index is -5.09. The molecule has 0 amide bonds. The molecule has 1 rings (SSSR count). The molecular formula is C14H13F9. The summed E-state index contributed by atoms with van der Waals surface area (Å²) in [7, 11) is 0. The van der Waals surface area contributed by atoms with Crippen LogP contribution in [0.3, 0.4) is 0 Å². The van der Waals surface area contributed by atoms with Crippen LogP contribution >= 0.6 is 0 Å². The molecule has 0 heterocycles. The van der Waals surface area contributed by atoms with E-state index in [4.69, 9.17) is 0 Å². The Morgan fingerprint density at radius 2 is 1.09 bits per heavy atom. The molecule has 0 unspecified atom stereocenters. The van der Waals surface area contributed by atoms with Crippen molar-refractivity contribution in [3.63, 3.8) is 0 Å². The van der Waals surface area contributed by atoms with Crippen molar-refractivity contribution in [3.8, 4) is 0 Å². The molecule has 0 N–H and O–H groups in total. The van der Waals surface area contributed by atoms with E-state index in [1.807, 2.05) is 0 Å². The number of hydrogen-bond acceptors (Lipinski definition) is 0. The van der Waals surface area contributed by atoms with Crippen LogP contribution in [0.2, 0.25) is 0 Å². The molecule has 23 heavy (non-hydrogen) atoms. The third-order valence-corrected chi connectivity index (χ3v) is 3.49. The fourth-order valence-corrected chi connectivity index (χ4v) is 2.08. The normalized spacial score (nSPS) is 14.3. The van der Waals surface area contributed by atoms with Gasteiger partial charge in [0.15, 0.2) is 0 Å². The molecule has 0 aliphatic carbocycles. The largest absolute Gasteiger partial charge is 0.416 e. The molecule has 0 aromatic heterocycles. The molecule has 0 bridgehead atoms. The molecule has 1 aromatic rings. The van der Waals surface area contributed by atoms with E-state index in [0.717, 1.165) is 0 Å². The SMILES string of the molecule is Cc1c(C(F)(F)F)cc(CC(C)(C)C(F)(F)F)cc1C(F)(F)F. The van der Waals surface area contributed by atoms with Gasteiger partial charge < -0.3 is 0 Å². The smallest absolute Gasteiger partial charge is 0.171 e. The van der Waals surface area contributed by atoms with Gasteiger partial charge in [0.05, 0.1) is 16.5 Å². The standard InChI is InChI=1S/C14H13F9/c1-7-9(12(15,16)17)4-8(5-10(7)13(18,19)20)6-11(2,3)14(21,22)23/h4-5H,6H2,1-3H3. The highest BCUT2D eigenvalue weighted by molar-refractivity contribution is 5.42. The summed E-state index contributed by atoms with van der Waals surface area (Å²) >= 11 is 0. The number of alkyl halides is 9. The minimum absolute atomic E-state index is 0.345. The summed E-state index contributed by atoms with van der Waals surface area (Å²) in [6.45, 7) is 2.07. The Labute approximate surface area is 126 Å². The maximum absolute atomic E-state index is 12.9. The molecule has 0 aliphatic heterocycles. The molecule has 0 saturated carbocycles. The third kappa shape index (κ3) is 4.32. The topological polar surface area (TPSA) is 0 Å². The van der Waals surface area contributed by atoms with Gasteiger partial charge in [0.25, 0.3) is 0 Å². The van der Waals surface area contributed by atoms with Gasteiger partial charge >= 0.3 is 18.5 Å². The van der Waals surface area contributed by atoms with Crippen LogP contribution < -0.4 is 0 Å². The molecule has 132 valence electrons. The Morgan fingerprint density at radius 1 is 0.739 bits per heavy atom. The molecule has 0 atom stereocenters. The first kappa shape index (κ1) is 19.6. The van der Waals surface area contributed by atoms with Crippen LogP contribution in [0, 0.1) is 12.3 Å². The van der Waals surface area contributed by atoms with Crippen LogP contribution in [-0.2, 0) is 18.8 Å². The highest BCUT2D eigenvalue weighted by Crippen LogP contribution is 2.44. The number of rotatable bonds is 2. The Bertz CT molecular complexity index is 538. The van der Waals surface area contributed by atoms with Crippen LogP contribution in [0.1, 0.15) is 36.1 Å². The summed E-state index contributed by atoms with van der Waals surface area (Å²) in [6, 6.07) is 0.691. The molecular weight excluding hydrogens is 339 g/mol. The molecule has 0 nitrogen and oxygen atoms in total.